The van der Waals surface area contributed by atoms with Crippen molar-refractivity contribution in [2.24, 2.45) is 0 Å². The normalized spacial score (nSPS) is 14.8. The van der Waals surface area contributed by atoms with Gasteiger partial charge in [-0.15, -0.1) is 0 Å². The first kappa shape index (κ1) is 20.1. The van der Waals surface area contributed by atoms with Gasteiger partial charge < -0.3 is 20.1 Å². The van der Waals surface area contributed by atoms with Crippen molar-refractivity contribution < 1.29 is 19.1 Å². The molecule has 2 aromatic rings. The molecule has 3 rings (SSSR count). The Morgan fingerprint density at radius 3 is 2.64 bits per heavy atom. The molecule has 2 amide bonds. The molecule has 1 aliphatic heterocycles. The summed E-state index contributed by atoms with van der Waals surface area (Å²) in [5, 5.41) is 10.8. The molecule has 0 saturated carbocycles. The van der Waals surface area contributed by atoms with Crippen LogP contribution in [0.25, 0.3) is 10.9 Å². The minimum Gasteiger partial charge on any atom is -0.494 e. The number of hydrogen-bond acceptors (Lipinski definition) is 6. The van der Waals surface area contributed by atoms with Crippen molar-refractivity contribution >= 4 is 22.7 Å². The number of amides is 2. The fourth-order valence-corrected chi connectivity index (χ4v) is 3.26. The fraction of sp³-hybridized carbons (Fsp3) is 0.526. The predicted molar refractivity (Wildman–Crippen MR) is 105 cm³/mol. The van der Waals surface area contributed by atoms with Crippen molar-refractivity contribution in [2.75, 3.05) is 53.0 Å². The summed E-state index contributed by atoms with van der Waals surface area (Å²) in [6.07, 6.45) is 0. The molecule has 1 aromatic heterocycles. The van der Waals surface area contributed by atoms with Crippen molar-refractivity contribution in [3.05, 3.63) is 23.9 Å². The molecule has 0 atom stereocenters. The second kappa shape index (κ2) is 9.52. The summed E-state index contributed by atoms with van der Waals surface area (Å²) in [4.78, 5) is 25.9. The second-order valence-electron chi connectivity index (χ2n) is 6.62. The van der Waals surface area contributed by atoms with E-state index < -0.39 is 0 Å². The van der Waals surface area contributed by atoms with Gasteiger partial charge in [-0.2, -0.15) is 5.10 Å². The number of fused-ring (bicyclic) bond motifs is 1. The molecule has 2 heterocycles. The number of aromatic nitrogens is 2. The summed E-state index contributed by atoms with van der Waals surface area (Å²) in [6.45, 7) is 6.90. The molecular weight excluding hydrogens is 362 g/mol. The van der Waals surface area contributed by atoms with Gasteiger partial charge in [0.25, 0.3) is 5.91 Å². The van der Waals surface area contributed by atoms with E-state index in [1.807, 2.05) is 22.9 Å². The third-order valence-corrected chi connectivity index (χ3v) is 4.68. The van der Waals surface area contributed by atoms with Crippen LogP contribution in [0.4, 0.5) is 0 Å². The Bertz CT molecular complexity index is 829. The lowest BCUT2D eigenvalue weighted by Gasteiger charge is -2.26. The van der Waals surface area contributed by atoms with Gasteiger partial charge in [0.1, 0.15) is 11.3 Å². The first-order valence-corrected chi connectivity index (χ1v) is 9.46. The van der Waals surface area contributed by atoms with Crippen LogP contribution in [0, 0.1) is 0 Å². The lowest BCUT2D eigenvalue weighted by molar-refractivity contribution is -0.118. The van der Waals surface area contributed by atoms with Gasteiger partial charge in [0.15, 0.2) is 5.69 Å². The number of carbonyl (C=O) groups excluding carboxylic acids is 2. The van der Waals surface area contributed by atoms with Crippen LogP contribution >= 0.6 is 0 Å². The zero-order valence-corrected chi connectivity index (χ0v) is 16.4. The smallest absolute Gasteiger partial charge is 0.272 e. The van der Waals surface area contributed by atoms with Gasteiger partial charge in [-0.3, -0.25) is 19.2 Å². The number of rotatable bonds is 8. The van der Waals surface area contributed by atoms with E-state index in [1.54, 1.807) is 7.11 Å². The molecular formula is C19H27N5O4. The van der Waals surface area contributed by atoms with Crippen LogP contribution in [0.2, 0.25) is 0 Å². The van der Waals surface area contributed by atoms with Crippen LogP contribution in [0.15, 0.2) is 18.2 Å². The van der Waals surface area contributed by atoms with E-state index in [2.05, 4.69) is 20.6 Å². The number of para-hydroxylation sites is 1. The summed E-state index contributed by atoms with van der Waals surface area (Å²) >= 11 is 0. The molecule has 0 spiro atoms. The number of hydrogen-bond donors (Lipinski definition) is 2. The van der Waals surface area contributed by atoms with E-state index in [9.17, 15) is 9.59 Å². The van der Waals surface area contributed by atoms with Crippen LogP contribution < -0.4 is 15.4 Å². The molecule has 9 heteroatoms. The minimum absolute atomic E-state index is 0.128. The highest BCUT2D eigenvalue weighted by Crippen LogP contribution is 2.28. The monoisotopic (exact) mass is 389 g/mol. The average molecular weight is 389 g/mol. The predicted octanol–water partition coefficient (Wildman–Crippen LogP) is 0.243. The van der Waals surface area contributed by atoms with Gasteiger partial charge in [0.05, 0.1) is 26.9 Å². The van der Waals surface area contributed by atoms with Crippen molar-refractivity contribution in [3.63, 3.8) is 0 Å². The zero-order valence-electron chi connectivity index (χ0n) is 16.4. The maximum absolute atomic E-state index is 12.7. The Morgan fingerprint density at radius 1 is 1.18 bits per heavy atom. The van der Waals surface area contributed by atoms with Crippen LogP contribution in [0.3, 0.4) is 0 Å². The lowest BCUT2D eigenvalue weighted by Crippen LogP contribution is -2.38. The highest BCUT2D eigenvalue weighted by molar-refractivity contribution is 6.06. The maximum Gasteiger partial charge on any atom is 0.272 e. The summed E-state index contributed by atoms with van der Waals surface area (Å²) in [7, 11) is 1.61. The molecule has 9 nitrogen and oxygen atoms in total. The molecule has 0 aliphatic carbocycles. The molecule has 28 heavy (non-hydrogen) atoms. The lowest BCUT2D eigenvalue weighted by atomic mass is 10.2. The van der Waals surface area contributed by atoms with E-state index in [-0.39, 0.29) is 11.8 Å². The van der Waals surface area contributed by atoms with Crippen LogP contribution in [-0.2, 0) is 16.1 Å². The number of methoxy groups -OCH3 is 1. The molecule has 0 radical (unpaired) electrons. The van der Waals surface area contributed by atoms with E-state index >= 15 is 0 Å². The highest BCUT2D eigenvalue weighted by atomic mass is 16.5. The molecule has 0 bridgehead atoms. The van der Waals surface area contributed by atoms with Gasteiger partial charge in [0, 0.05) is 45.0 Å². The number of benzene rings is 1. The number of morpholine rings is 1. The Labute approximate surface area is 164 Å². The first-order chi connectivity index (χ1) is 13.6. The second-order valence-corrected chi connectivity index (χ2v) is 6.62. The average Bonchev–Trinajstić information content (AvgIpc) is 3.09. The SMILES string of the molecule is COc1cccc2c(C(=O)NCCNC(C)=O)nn(CCN3CCOCC3)c12. The molecule has 1 saturated heterocycles. The molecule has 1 fully saturated rings. The molecule has 2 N–H and O–H groups in total. The topological polar surface area (TPSA) is 97.7 Å². The Balaban J connectivity index is 1.78. The largest absolute Gasteiger partial charge is 0.494 e. The van der Waals surface area contributed by atoms with Crippen molar-refractivity contribution in [1.82, 2.24) is 25.3 Å². The Hall–Kier alpha value is -2.65. The Kier molecular flexibility index (Phi) is 6.83. The third-order valence-electron chi connectivity index (χ3n) is 4.68. The van der Waals surface area contributed by atoms with Crippen LogP contribution in [0.5, 0.6) is 5.75 Å². The molecule has 152 valence electrons. The van der Waals surface area contributed by atoms with Gasteiger partial charge >= 0.3 is 0 Å². The third kappa shape index (κ3) is 4.79. The molecule has 0 unspecified atom stereocenters. The fourth-order valence-electron chi connectivity index (χ4n) is 3.26. The number of nitrogens with zero attached hydrogens (tertiary/aromatic N) is 3. The highest BCUT2D eigenvalue weighted by Gasteiger charge is 2.20. The van der Waals surface area contributed by atoms with E-state index in [1.165, 1.54) is 6.92 Å². The summed E-state index contributed by atoms with van der Waals surface area (Å²) in [6, 6.07) is 5.59. The first-order valence-electron chi connectivity index (χ1n) is 9.46. The van der Waals surface area contributed by atoms with Gasteiger partial charge in [-0.25, -0.2) is 0 Å². The quantitative estimate of drug-likeness (QED) is 0.628. The van der Waals surface area contributed by atoms with E-state index in [0.717, 1.165) is 43.8 Å². The Morgan fingerprint density at radius 2 is 1.93 bits per heavy atom. The number of nitrogens with one attached hydrogen (secondary N) is 2. The number of carbonyl (C=O) groups is 2. The van der Waals surface area contributed by atoms with Gasteiger partial charge in [0.2, 0.25) is 5.91 Å². The molecule has 1 aliphatic rings. The standard InChI is InChI=1S/C19H27N5O4/c1-14(25)20-6-7-21-19(26)17-15-4-3-5-16(27-2)18(15)24(22-17)9-8-23-10-12-28-13-11-23/h3-5H,6-13H2,1-2H3,(H,20,25)(H,21,26). The van der Waals surface area contributed by atoms with Crippen molar-refractivity contribution in [2.45, 2.75) is 13.5 Å². The van der Waals surface area contributed by atoms with Crippen LogP contribution in [0.1, 0.15) is 17.4 Å². The van der Waals surface area contributed by atoms with Crippen molar-refractivity contribution in [3.8, 4) is 5.75 Å². The van der Waals surface area contributed by atoms with Gasteiger partial charge in [-0.05, 0) is 6.07 Å². The maximum atomic E-state index is 12.7. The van der Waals surface area contributed by atoms with Gasteiger partial charge in [-0.1, -0.05) is 12.1 Å². The minimum atomic E-state index is -0.270. The zero-order chi connectivity index (χ0) is 19.9. The van der Waals surface area contributed by atoms with E-state index in [0.29, 0.717) is 31.1 Å². The number of ether oxygens (including phenoxy) is 2. The van der Waals surface area contributed by atoms with Crippen molar-refractivity contribution in [1.29, 1.82) is 0 Å². The summed E-state index contributed by atoms with van der Waals surface area (Å²) in [5.41, 5.74) is 1.17. The summed E-state index contributed by atoms with van der Waals surface area (Å²) in [5.74, 6) is 0.287. The molecule has 1 aromatic carbocycles. The van der Waals surface area contributed by atoms with E-state index in [4.69, 9.17) is 9.47 Å². The summed E-state index contributed by atoms with van der Waals surface area (Å²) < 4.78 is 12.7. The van der Waals surface area contributed by atoms with Crippen LogP contribution in [-0.4, -0.2) is 79.5 Å².